The molecule has 2 aromatic carbocycles. The van der Waals surface area contributed by atoms with Crippen molar-refractivity contribution in [3.63, 3.8) is 0 Å². The molecule has 29 heavy (non-hydrogen) atoms. The van der Waals surface area contributed by atoms with Crippen molar-refractivity contribution in [2.75, 3.05) is 6.54 Å². The van der Waals surface area contributed by atoms with Crippen molar-refractivity contribution >= 4 is 22.8 Å². The Hall–Kier alpha value is -3.29. The number of aromatic amines is 1. The maximum atomic E-state index is 14.3. The van der Waals surface area contributed by atoms with Crippen LogP contribution in [0.5, 0.6) is 0 Å². The van der Waals surface area contributed by atoms with Gasteiger partial charge in [0.2, 0.25) is 5.91 Å². The molecule has 3 N–H and O–H groups in total. The molecule has 1 aliphatic rings. The van der Waals surface area contributed by atoms with E-state index in [-0.39, 0.29) is 23.3 Å². The van der Waals surface area contributed by atoms with E-state index in [1.807, 2.05) is 0 Å². The van der Waals surface area contributed by atoms with E-state index in [1.54, 1.807) is 12.1 Å². The lowest BCUT2D eigenvalue weighted by atomic mass is 9.70. The van der Waals surface area contributed by atoms with Gasteiger partial charge in [0, 0.05) is 17.4 Å². The number of carbonyl (C=O) groups is 2. The average Bonchev–Trinajstić information content (AvgIpc) is 2.99. The summed E-state index contributed by atoms with van der Waals surface area (Å²) in [6.45, 7) is -0.454. The van der Waals surface area contributed by atoms with E-state index in [0.717, 1.165) is 6.07 Å². The fraction of sp³-hybridized carbons (Fsp3) is 0.238. The highest BCUT2D eigenvalue weighted by Crippen LogP contribution is 2.48. The Morgan fingerprint density at radius 3 is 2.41 bits per heavy atom. The molecular formula is C21H17F3N2O3. The van der Waals surface area contributed by atoms with Gasteiger partial charge < -0.3 is 15.4 Å². The number of carboxylic acid groups (broad SMARTS) is 1. The Balaban J connectivity index is 1.70. The molecule has 1 amide bonds. The predicted octanol–water partition coefficient (Wildman–Crippen LogP) is 3.95. The van der Waals surface area contributed by atoms with Gasteiger partial charge in [0.25, 0.3) is 0 Å². The number of fused-ring (bicyclic) bond motifs is 1. The zero-order valence-corrected chi connectivity index (χ0v) is 15.1. The molecule has 5 nitrogen and oxygen atoms in total. The number of aromatic nitrogens is 1. The average molecular weight is 402 g/mol. The smallest absolute Gasteiger partial charge is 0.322 e. The van der Waals surface area contributed by atoms with Crippen LogP contribution in [0, 0.1) is 23.4 Å². The molecule has 1 aromatic heterocycles. The third kappa shape index (κ3) is 3.57. The topological polar surface area (TPSA) is 82.2 Å². The Kier molecular flexibility index (Phi) is 4.77. The number of hydrogen-bond donors (Lipinski definition) is 3. The van der Waals surface area contributed by atoms with Crippen LogP contribution in [0.3, 0.4) is 0 Å². The molecule has 4 rings (SSSR count). The van der Waals surface area contributed by atoms with Crippen LogP contribution < -0.4 is 5.32 Å². The molecule has 1 aliphatic carbocycles. The van der Waals surface area contributed by atoms with Gasteiger partial charge in [0.05, 0.1) is 11.2 Å². The van der Waals surface area contributed by atoms with Gasteiger partial charge in [-0.25, -0.2) is 13.2 Å². The molecule has 150 valence electrons. The molecule has 0 radical (unpaired) electrons. The standard InChI is InChI=1S/C21H17F3N2O3/c22-13-3-1-10(2-4-13)19-18(15-7-14(23)8-16(24)20(15)26-19)11-5-12(6-11)21(29)25-9-17(27)28/h1-4,7-8,11-12,26H,5-6,9H2,(H,25,29)(H,27,28). The first-order valence-corrected chi connectivity index (χ1v) is 9.09. The van der Waals surface area contributed by atoms with Gasteiger partial charge in [0.1, 0.15) is 24.0 Å². The molecule has 0 atom stereocenters. The lowest BCUT2D eigenvalue weighted by Gasteiger charge is -2.35. The molecule has 1 fully saturated rings. The zero-order chi connectivity index (χ0) is 20.7. The van der Waals surface area contributed by atoms with Gasteiger partial charge in [-0.1, -0.05) is 0 Å². The van der Waals surface area contributed by atoms with E-state index < -0.39 is 30.0 Å². The number of nitrogens with one attached hydrogen (secondary N) is 2. The first-order chi connectivity index (χ1) is 13.8. The van der Waals surface area contributed by atoms with Crippen molar-refractivity contribution in [1.29, 1.82) is 0 Å². The first-order valence-electron chi connectivity index (χ1n) is 9.09. The fourth-order valence-corrected chi connectivity index (χ4v) is 3.88. The van der Waals surface area contributed by atoms with Crippen LogP contribution in [0.25, 0.3) is 22.2 Å². The summed E-state index contributed by atoms with van der Waals surface area (Å²) in [6.07, 6.45) is 0.843. The van der Waals surface area contributed by atoms with Crippen LogP contribution in [0.4, 0.5) is 13.2 Å². The lowest BCUT2D eigenvalue weighted by Crippen LogP contribution is -2.40. The SMILES string of the molecule is O=C(O)CNC(=O)C1CC(c2c(-c3ccc(F)cc3)[nH]c3c(F)cc(F)cc23)C1. The maximum absolute atomic E-state index is 14.3. The third-order valence-corrected chi connectivity index (χ3v) is 5.33. The molecule has 0 bridgehead atoms. The van der Waals surface area contributed by atoms with Gasteiger partial charge in [-0.05, 0) is 60.2 Å². The maximum Gasteiger partial charge on any atom is 0.322 e. The van der Waals surface area contributed by atoms with Gasteiger partial charge in [-0.2, -0.15) is 0 Å². The highest BCUT2D eigenvalue weighted by molar-refractivity contribution is 5.93. The van der Waals surface area contributed by atoms with E-state index in [4.69, 9.17) is 5.11 Å². The molecule has 0 unspecified atom stereocenters. The minimum absolute atomic E-state index is 0.148. The lowest BCUT2D eigenvalue weighted by molar-refractivity contribution is -0.139. The van der Waals surface area contributed by atoms with E-state index in [0.29, 0.717) is 35.0 Å². The quantitative estimate of drug-likeness (QED) is 0.605. The molecule has 3 aromatic rings. The summed E-state index contributed by atoms with van der Waals surface area (Å²) < 4.78 is 41.5. The summed E-state index contributed by atoms with van der Waals surface area (Å²) in [6, 6.07) is 7.70. The van der Waals surface area contributed by atoms with Crippen molar-refractivity contribution in [3.05, 3.63) is 59.4 Å². The Labute approximate surface area is 163 Å². The van der Waals surface area contributed by atoms with Crippen LogP contribution >= 0.6 is 0 Å². The number of hydrogen-bond acceptors (Lipinski definition) is 2. The van der Waals surface area contributed by atoms with Crippen LogP contribution in [-0.4, -0.2) is 28.5 Å². The third-order valence-electron chi connectivity index (χ3n) is 5.33. The van der Waals surface area contributed by atoms with E-state index in [1.165, 1.54) is 18.2 Å². The molecule has 0 spiro atoms. The number of amides is 1. The molecule has 0 aliphatic heterocycles. The van der Waals surface area contributed by atoms with E-state index in [9.17, 15) is 22.8 Å². The second-order valence-corrected chi connectivity index (χ2v) is 7.21. The Bertz CT molecular complexity index is 1100. The summed E-state index contributed by atoms with van der Waals surface area (Å²) in [4.78, 5) is 25.7. The predicted molar refractivity (Wildman–Crippen MR) is 99.7 cm³/mol. The van der Waals surface area contributed by atoms with Crippen LogP contribution in [0.15, 0.2) is 36.4 Å². The number of carbonyl (C=O) groups excluding carboxylic acids is 1. The van der Waals surface area contributed by atoms with Crippen LogP contribution in [0.1, 0.15) is 24.3 Å². The van der Waals surface area contributed by atoms with E-state index in [2.05, 4.69) is 10.3 Å². The van der Waals surface area contributed by atoms with Crippen LogP contribution in [0.2, 0.25) is 0 Å². The number of rotatable bonds is 5. The van der Waals surface area contributed by atoms with Gasteiger partial charge in [-0.15, -0.1) is 0 Å². The fourth-order valence-electron chi connectivity index (χ4n) is 3.88. The minimum Gasteiger partial charge on any atom is -0.480 e. The van der Waals surface area contributed by atoms with Crippen molar-refractivity contribution in [2.45, 2.75) is 18.8 Å². The number of benzene rings is 2. The molecular weight excluding hydrogens is 385 g/mol. The molecule has 8 heteroatoms. The monoisotopic (exact) mass is 402 g/mol. The summed E-state index contributed by atoms with van der Waals surface area (Å²) in [5.74, 6) is -3.86. The number of aliphatic carboxylic acids is 1. The highest BCUT2D eigenvalue weighted by atomic mass is 19.1. The Morgan fingerprint density at radius 2 is 1.76 bits per heavy atom. The van der Waals surface area contributed by atoms with Crippen molar-refractivity contribution in [1.82, 2.24) is 10.3 Å². The van der Waals surface area contributed by atoms with Gasteiger partial charge in [-0.3, -0.25) is 9.59 Å². The van der Waals surface area contributed by atoms with E-state index >= 15 is 0 Å². The largest absolute Gasteiger partial charge is 0.480 e. The summed E-state index contributed by atoms with van der Waals surface area (Å²) in [7, 11) is 0. The van der Waals surface area contributed by atoms with Crippen molar-refractivity contribution in [2.24, 2.45) is 5.92 Å². The normalized spacial score (nSPS) is 18.4. The van der Waals surface area contributed by atoms with Crippen LogP contribution in [-0.2, 0) is 9.59 Å². The molecule has 1 heterocycles. The van der Waals surface area contributed by atoms with Gasteiger partial charge >= 0.3 is 5.97 Å². The summed E-state index contributed by atoms with van der Waals surface area (Å²) in [5.41, 5.74) is 2.00. The zero-order valence-electron chi connectivity index (χ0n) is 15.1. The molecule has 0 saturated heterocycles. The minimum atomic E-state index is -1.13. The highest BCUT2D eigenvalue weighted by Gasteiger charge is 2.38. The molecule has 1 saturated carbocycles. The number of carboxylic acids is 1. The summed E-state index contributed by atoms with van der Waals surface area (Å²) in [5, 5.41) is 11.4. The van der Waals surface area contributed by atoms with Crippen molar-refractivity contribution < 1.29 is 27.9 Å². The second kappa shape index (κ2) is 7.27. The van der Waals surface area contributed by atoms with Crippen molar-refractivity contribution in [3.8, 4) is 11.3 Å². The first kappa shape index (κ1) is 19.0. The second-order valence-electron chi connectivity index (χ2n) is 7.21. The summed E-state index contributed by atoms with van der Waals surface area (Å²) >= 11 is 0. The van der Waals surface area contributed by atoms with Gasteiger partial charge in [0.15, 0.2) is 0 Å². The number of halogens is 3. The Morgan fingerprint density at radius 1 is 1.07 bits per heavy atom. The number of H-pyrrole nitrogens is 1.